The van der Waals surface area contributed by atoms with Crippen molar-refractivity contribution in [2.45, 2.75) is 4.90 Å². The second-order valence-corrected chi connectivity index (χ2v) is 4.86. The van der Waals surface area contributed by atoms with Gasteiger partial charge in [-0.1, -0.05) is 0 Å². The maximum atomic E-state index is 13.2. The van der Waals surface area contributed by atoms with Gasteiger partial charge in [0.05, 0.1) is 12.7 Å². The summed E-state index contributed by atoms with van der Waals surface area (Å²) in [6, 6.07) is 1.25. The van der Waals surface area contributed by atoms with Gasteiger partial charge in [-0.2, -0.15) is 8.42 Å². The van der Waals surface area contributed by atoms with Crippen molar-refractivity contribution < 1.29 is 26.2 Å². The smallest absolute Gasteiger partial charge is 0.340 e. The van der Waals surface area contributed by atoms with Gasteiger partial charge in [-0.05, 0) is 28.1 Å². The molecule has 0 saturated heterocycles. The highest BCUT2D eigenvalue weighted by atomic mass is 79.9. The normalized spacial score (nSPS) is 11.2. The molecule has 0 amide bonds. The summed E-state index contributed by atoms with van der Waals surface area (Å²) >= 11 is 2.68. The molecule has 16 heavy (non-hydrogen) atoms. The number of carbonyl (C=O) groups is 1. The van der Waals surface area contributed by atoms with Crippen LogP contribution in [0.4, 0.5) is 8.28 Å². The molecular weight excluding hydrogens is 310 g/mol. The number of esters is 1. The molecular formula is C8H5BrF2O4S. The van der Waals surface area contributed by atoms with E-state index in [1.54, 1.807) is 0 Å². The molecule has 0 fully saturated rings. The van der Waals surface area contributed by atoms with Crippen molar-refractivity contribution in [1.29, 1.82) is 0 Å². The highest BCUT2D eigenvalue weighted by Gasteiger charge is 2.22. The number of methoxy groups -OCH3 is 1. The van der Waals surface area contributed by atoms with Gasteiger partial charge < -0.3 is 4.74 Å². The minimum atomic E-state index is -5.04. The first-order valence-electron chi connectivity index (χ1n) is 3.79. The molecule has 0 atom stereocenters. The second-order valence-electron chi connectivity index (χ2n) is 2.69. The Labute approximate surface area is 98.6 Å². The van der Waals surface area contributed by atoms with Gasteiger partial charge in [0.1, 0.15) is 10.7 Å². The van der Waals surface area contributed by atoms with E-state index in [-0.39, 0.29) is 4.47 Å². The second kappa shape index (κ2) is 4.46. The fraction of sp³-hybridized carbons (Fsp3) is 0.125. The fourth-order valence-electron chi connectivity index (χ4n) is 0.982. The molecule has 1 rings (SSSR count). The summed E-state index contributed by atoms with van der Waals surface area (Å²) in [4.78, 5) is 10.2. The molecule has 0 bridgehead atoms. The van der Waals surface area contributed by atoms with Crippen LogP contribution in [0.2, 0.25) is 0 Å². The lowest BCUT2D eigenvalue weighted by Crippen LogP contribution is -2.07. The van der Waals surface area contributed by atoms with Crippen molar-refractivity contribution in [3.05, 3.63) is 28.0 Å². The van der Waals surface area contributed by atoms with Crippen LogP contribution in [0.15, 0.2) is 21.5 Å². The minimum Gasteiger partial charge on any atom is -0.465 e. The summed E-state index contributed by atoms with van der Waals surface area (Å²) in [5, 5.41) is 0. The maximum Gasteiger partial charge on any atom is 0.340 e. The Bertz CT molecular complexity index is 541. The largest absolute Gasteiger partial charge is 0.465 e. The predicted molar refractivity (Wildman–Crippen MR) is 53.7 cm³/mol. The quantitative estimate of drug-likeness (QED) is 0.619. The zero-order chi connectivity index (χ0) is 12.5. The molecule has 0 aliphatic heterocycles. The summed E-state index contributed by atoms with van der Waals surface area (Å²) in [6.45, 7) is 0. The molecule has 1 aromatic carbocycles. The van der Waals surface area contributed by atoms with Crippen molar-refractivity contribution in [1.82, 2.24) is 0 Å². The fourth-order valence-corrected chi connectivity index (χ4v) is 2.43. The Kier molecular flexibility index (Phi) is 3.64. The van der Waals surface area contributed by atoms with Gasteiger partial charge in [-0.3, -0.25) is 0 Å². The minimum absolute atomic E-state index is 0.305. The van der Waals surface area contributed by atoms with Crippen LogP contribution in [0.3, 0.4) is 0 Å². The van der Waals surface area contributed by atoms with Crippen molar-refractivity contribution in [3.8, 4) is 0 Å². The molecule has 0 N–H and O–H groups in total. The van der Waals surface area contributed by atoms with Gasteiger partial charge >= 0.3 is 16.2 Å². The van der Waals surface area contributed by atoms with Gasteiger partial charge in [-0.15, -0.1) is 3.89 Å². The van der Waals surface area contributed by atoms with Gasteiger partial charge in [0, 0.05) is 4.47 Å². The highest BCUT2D eigenvalue weighted by Crippen LogP contribution is 2.27. The average Bonchev–Trinajstić information content (AvgIpc) is 2.14. The monoisotopic (exact) mass is 314 g/mol. The molecule has 0 heterocycles. The van der Waals surface area contributed by atoms with Crippen molar-refractivity contribution in [2.75, 3.05) is 7.11 Å². The van der Waals surface area contributed by atoms with Crippen LogP contribution in [0.5, 0.6) is 0 Å². The summed E-state index contributed by atoms with van der Waals surface area (Å²) in [6.07, 6.45) is 0. The third-order valence-electron chi connectivity index (χ3n) is 1.69. The van der Waals surface area contributed by atoms with Crippen LogP contribution in [0.1, 0.15) is 10.4 Å². The van der Waals surface area contributed by atoms with Crippen molar-refractivity contribution in [2.24, 2.45) is 0 Å². The first-order valence-corrected chi connectivity index (χ1v) is 5.97. The molecule has 4 nitrogen and oxygen atoms in total. The molecule has 0 aliphatic carbocycles. The summed E-state index contributed by atoms with van der Waals surface area (Å²) in [7, 11) is -4.04. The standard InChI is InChI=1S/C8H5BrF2O4S/c1-15-8(12)4-2-7(16(11,13)14)5(9)3-6(4)10/h2-3H,1H3. The van der Waals surface area contributed by atoms with E-state index in [4.69, 9.17) is 0 Å². The van der Waals surface area contributed by atoms with Gasteiger partial charge in [0.15, 0.2) is 0 Å². The molecule has 88 valence electrons. The number of hydrogen-bond donors (Lipinski definition) is 0. The number of hydrogen-bond acceptors (Lipinski definition) is 4. The lowest BCUT2D eigenvalue weighted by molar-refractivity contribution is 0.0595. The van der Waals surface area contributed by atoms with E-state index in [2.05, 4.69) is 20.7 Å². The van der Waals surface area contributed by atoms with Gasteiger partial charge in [-0.25, -0.2) is 9.18 Å². The Morgan fingerprint density at radius 2 is 2.00 bits per heavy atom. The lowest BCUT2D eigenvalue weighted by atomic mass is 10.2. The van der Waals surface area contributed by atoms with Gasteiger partial charge in [0.25, 0.3) is 0 Å². The van der Waals surface area contributed by atoms with E-state index in [0.29, 0.717) is 12.1 Å². The molecule has 0 aliphatic rings. The van der Waals surface area contributed by atoms with Crippen LogP contribution in [-0.4, -0.2) is 21.5 Å². The molecule has 0 saturated carbocycles. The Hall–Kier alpha value is -1.02. The topological polar surface area (TPSA) is 60.4 Å². The molecule has 1 aromatic rings. The van der Waals surface area contributed by atoms with Crippen LogP contribution in [0, 0.1) is 5.82 Å². The van der Waals surface area contributed by atoms with Gasteiger partial charge in [0.2, 0.25) is 0 Å². The number of benzene rings is 1. The predicted octanol–water partition coefficient (Wildman–Crippen LogP) is 2.03. The van der Waals surface area contributed by atoms with Crippen LogP contribution in [-0.2, 0) is 15.0 Å². The number of halogens is 3. The van der Waals surface area contributed by atoms with E-state index in [1.165, 1.54) is 0 Å². The van der Waals surface area contributed by atoms with E-state index in [9.17, 15) is 21.5 Å². The van der Waals surface area contributed by atoms with E-state index in [1.807, 2.05) is 0 Å². The summed E-state index contributed by atoms with van der Waals surface area (Å²) in [5.41, 5.74) is -0.651. The van der Waals surface area contributed by atoms with Crippen LogP contribution in [0.25, 0.3) is 0 Å². The third-order valence-corrected chi connectivity index (χ3v) is 3.47. The first kappa shape index (κ1) is 13.0. The van der Waals surface area contributed by atoms with Crippen molar-refractivity contribution in [3.63, 3.8) is 0 Å². The van der Waals surface area contributed by atoms with Crippen molar-refractivity contribution >= 4 is 32.1 Å². The zero-order valence-corrected chi connectivity index (χ0v) is 10.2. The maximum absolute atomic E-state index is 13.2. The number of carbonyl (C=O) groups excluding carboxylic acids is 1. The Morgan fingerprint density at radius 3 is 2.44 bits per heavy atom. The van der Waals surface area contributed by atoms with Crippen LogP contribution < -0.4 is 0 Å². The van der Waals surface area contributed by atoms with E-state index < -0.39 is 32.5 Å². The molecule has 0 spiro atoms. The van der Waals surface area contributed by atoms with Crippen LogP contribution >= 0.6 is 15.9 Å². The molecule has 8 heteroatoms. The number of rotatable bonds is 2. The number of ether oxygens (including phenoxy) is 1. The van der Waals surface area contributed by atoms with E-state index >= 15 is 0 Å². The molecule has 0 aromatic heterocycles. The third kappa shape index (κ3) is 2.56. The average molecular weight is 315 g/mol. The Balaban J connectivity index is 3.51. The molecule has 0 unspecified atom stereocenters. The lowest BCUT2D eigenvalue weighted by Gasteiger charge is -2.04. The van der Waals surface area contributed by atoms with E-state index in [0.717, 1.165) is 7.11 Å². The summed E-state index contributed by atoms with van der Waals surface area (Å²) in [5.74, 6) is -2.10. The Morgan fingerprint density at radius 1 is 1.44 bits per heavy atom. The highest BCUT2D eigenvalue weighted by molar-refractivity contribution is 9.10. The molecule has 0 radical (unpaired) electrons. The zero-order valence-electron chi connectivity index (χ0n) is 7.83. The first-order chi connectivity index (χ1) is 7.27. The summed E-state index contributed by atoms with van der Waals surface area (Å²) < 4.78 is 51.2. The SMILES string of the molecule is COC(=O)c1cc(S(=O)(=O)F)c(Br)cc1F.